The molecule has 0 aromatic heterocycles. The van der Waals surface area contributed by atoms with Gasteiger partial charge in [0.05, 0.1) is 13.2 Å². The molecule has 2 aliphatic rings. The zero-order chi connectivity index (χ0) is 9.26. The number of amides is 1. The Hall–Kier alpha value is -0.810. The molecule has 2 heterocycles. The second-order valence-electron chi connectivity index (χ2n) is 3.62. The van der Waals surface area contributed by atoms with Crippen LogP contribution in [0.5, 0.6) is 0 Å². The Morgan fingerprint density at radius 1 is 1.46 bits per heavy atom. The van der Waals surface area contributed by atoms with Crippen LogP contribution in [0.15, 0.2) is 0 Å². The molecule has 2 fully saturated rings. The molecule has 2 aliphatic heterocycles. The maximum absolute atomic E-state index is 10.8. The third kappa shape index (κ3) is 1.92. The molecule has 1 amide bonds. The summed E-state index contributed by atoms with van der Waals surface area (Å²) in [6.45, 7) is 2.50. The number of hydrogen-bond donors (Lipinski definition) is 2. The number of ether oxygens (including phenoxy) is 1. The Kier molecular flexibility index (Phi) is 2.37. The lowest BCUT2D eigenvalue weighted by atomic mass is 10.2. The highest BCUT2D eigenvalue weighted by Gasteiger charge is 2.29. The number of rotatable bonds is 0. The van der Waals surface area contributed by atoms with E-state index in [9.17, 15) is 4.79 Å². The molecule has 0 saturated carbocycles. The van der Waals surface area contributed by atoms with Crippen LogP contribution in [0.2, 0.25) is 0 Å². The standard InChI is InChI=1S/C8H14N2O3/c11-8(12)10-2-1-6-4-13-5-7(3-10)9-6/h6-7,9H,1-5H2,(H,11,12). The third-order valence-electron chi connectivity index (χ3n) is 2.57. The van der Waals surface area contributed by atoms with Gasteiger partial charge in [-0.3, -0.25) is 0 Å². The van der Waals surface area contributed by atoms with Crippen molar-refractivity contribution in [2.45, 2.75) is 18.5 Å². The molecule has 0 aromatic carbocycles. The van der Waals surface area contributed by atoms with E-state index < -0.39 is 6.09 Å². The van der Waals surface area contributed by atoms with Crippen molar-refractivity contribution in [1.82, 2.24) is 10.2 Å². The van der Waals surface area contributed by atoms with Crippen LogP contribution in [0.3, 0.4) is 0 Å². The Labute approximate surface area is 76.7 Å². The molecule has 2 N–H and O–H groups in total. The fourth-order valence-electron chi connectivity index (χ4n) is 1.90. The van der Waals surface area contributed by atoms with Crippen LogP contribution in [0.25, 0.3) is 0 Å². The number of nitrogens with zero attached hydrogens (tertiary/aromatic N) is 1. The van der Waals surface area contributed by atoms with Crippen molar-refractivity contribution in [2.24, 2.45) is 0 Å². The zero-order valence-electron chi connectivity index (χ0n) is 7.40. The van der Waals surface area contributed by atoms with Gasteiger partial charge in [0.15, 0.2) is 0 Å². The SMILES string of the molecule is O=C(O)N1CCC2COCC(C1)N2. The predicted octanol–water partition coefficient (Wildman–Crippen LogP) is -0.273. The Bertz CT molecular complexity index is 210. The van der Waals surface area contributed by atoms with Crippen molar-refractivity contribution in [1.29, 1.82) is 0 Å². The molecule has 0 aliphatic carbocycles. The van der Waals surface area contributed by atoms with E-state index in [2.05, 4.69) is 5.32 Å². The first-order valence-electron chi connectivity index (χ1n) is 4.57. The fraction of sp³-hybridized carbons (Fsp3) is 0.875. The Morgan fingerprint density at radius 3 is 3.00 bits per heavy atom. The Balaban J connectivity index is 2.01. The molecule has 5 heteroatoms. The number of fused-ring (bicyclic) bond motifs is 2. The van der Waals surface area contributed by atoms with Crippen LogP contribution >= 0.6 is 0 Å². The first kappa shape index (κ1) is 8.77. The molecule has 5 nitrogen and oxygen atoms in total. The quantitative estimate of drug-likeness (QED) is 0.546. The highest BCUT2D eigenvalue weighted by Crippen LogP contribution is 2.11. The molecule has 0 aromatic rings. The number of morpholine rings is 1. The number of carbonyl (C=O) groups is 1. The zero-order valence-corrected chi connectivity index (χ0v) is 7.40. The van der Waals surface area contributed by atoms with Crippen LogP contribution in [0.1, 0.15) is 6.42 Å². The molecule has 2 unspecified atom stereocenters. The number of hydrogen-bond acceptors (Lipinski definition) is 3. The van der Waals surface area contributed by atoms with Gasteiger partial charge >= 0.3 is 6.09 Å². The lowest BCUT2D eigenvalue weighted by Crippen LogP contribution is -2.50. The van der Waals surface area contributed by atoms with Gasteiger partial charge in [0.1, 0.15) is 0 Å². The van der Waals surface area contributed by atoms with Crippen LogP contribution in [0.4, 0.5) is 4.79 Å². The molecule has 0 radical (unpaired) electrons. The van der Waals surface area contributed by atoms with E-state index in [0.29, 0.717) is 32.3 Å². The van der Waals surface area contributed by atoms with Gasteiger partial charge in [-0.25, -0.2) is 4.79 Å². The first-order chi connectivity index (χ1) is 6.25. The minimum absolute atomic E-state index is 0.178. The van der Waals surface area contributed by atoms with Gasteiger partial charge in [-0.05, 0) is 6.42 Å². The summed E-state index contributed by atoms with van der Waals surface area (Å²) in [4.78, 5) is 12.2. The van der Waals surface area contributed by atoms with E-state index in [0.717, 1.165) is 6.42 Å². The van der Waals surface area contributed by atoms with E-state index >= 15 is 0 Å². The highest BCUT2D eigenvalue weighted by atomic mass is 16.5. The summed E-state index contributed by atoms with van der Waals surface area (Å²) >= 11 is 0. The van der Waals surface area contributed by atoms with Crippen molar-refractivity contribution in [3.63, 3.8) is 0 Å². The summed E-state index contributed by atoms with van der Waals surface area (Å²) in [6.07, 6.45) is 0.0253. The van der Waals surface area contributed by atoms with Crippen LogP contribution < -0.4 is 5.32 Å². The largest absolute Gasteiger partial charge is 0.465 e. The highest BCUT2D eigenvalue weighted by molar-refractivity contribution is 5.65. The van der Waals surface area contributed by atoms with Crippen molar-refractivity contribution in [2.75, 3.05) is 26.3 Å². The summed E-state index contributed by atoms with van der Waals surface area (Å²) in [6, 6.07) is 0.514. The second-order valence-corrected chi connectivity index (χ2v) is 3.62. The van der Waals surface area contributed by atoms with E-state index in [1.807, 2.05) is 0 Å². The third-order valence-corrected chi connectivity index (χ3v) is 2.57. The van der Waals surface area contributed by atoms with Gasteiger partial charge in [-0.1, -0.05) is 0 Å². The van der Waals surface area contributed by atoms with Crippen LogP contribution in [-0.4, -0.2) is 54.5 Å². The summed E-state index contributed by atoms with van der Waals surface area (Å²) in [5.74, 6) is 0. The minimum atomic E-state index is -0.825. The van der Waals surface area contributed by atoms with Crippen molar-refractivity contribution in [3.05, 3.63) is 0 Å². The van der Waals surface area contributed by atoms with Gasteiger partial charge < -0.3 is 20.1 Å². The minimum Gasteiger partial charge on any atom is -0.465 e. The molecule has 74 valence electrons. The average molecular weight is 186 g/mol. The molecule has 2 rings (SSSR count). The summed E-state index contributed by atoms with van der Waals surface area (Å²) < 4.78 is 5.36. The molecule has 2 bridgehead atoms. The lowest BCUT2D eigenvalue weighted by molar-refractivity contribution is 0.0479. The number of nitrogens with one attached hydrogen (secondary N) is 1. The number of carboxylic acid groups (broad SMARTS) is 1. The van der Waals surface area contributed by atoms with Crippen molar-refractivity contribution in [3.8, 4) is 0 Å². The first-order valence-corrected chi connectivity index (χ1v) is 4.57. The van der Waals surface area contributed by atoms with Gasteiger partial charge in [0.25, 0.3) is 0 Å². The molecular formula is C8H14N2O3. The normalized spacial score (nSPS) is 34.0. The molecule has 13 heavy (non-hydrogen) atoms. The maximum atomic E-state index is 10.8. The Morgan fingerprint density at radius 2 is 2.23 bits per heavy atom. The molecular weight excluding hydrogens is 172 g/mol. The van der Waals surface area contributed by atoms with Gasteiger partial charge in [-0.15, -0.1) is 0 Å². The van der Waals surface area contributed by atoms with Crippen LogP contribution in [0, 0.1) is 0 Å². The van der Waals surface area contributed by atoms with Crippen molar-refractivity contribution < 1.29 is 14.6 Å². The maximum Gasteiger partial charge on any atom is 0.407 e. The van der Waals surface area contributed by atoms with E-state index in [4.69, 9.17) is 9.84 Å². The monoisotopic (exact) mass is 186 g/mol. The molecule has 2 atom stereocenters. The molecule has 2 saturated heterocycles. The van der Waals surface area contributed by atoms with E-state index in [1.165, 1.54) is 4.90 Å². The summed E-state index contributed by atoms with van der Waals surface area (Å²) in [7, 11) is 0. The van der Waals surface area contributed by atoms with E-state index in [-0.39, 0.29) is 6.04 Å². The van der Waals surface area contributed by atoms with Gasteiger partial charge in [0.2, 0.25) is 0 Å². The summed E-state index contributed by atoms with van der Waals surface area (Å²) in [5.41, 5.74) is 0. The van der Waals surface area contributed by atoms with Crippen LogP contribution in [-0.2, 0) is 4.74 Å². The lowest BCUT2D eigenvalue weighted by Gasteiger charge is -2.28. The average Bonchev–Trinajstić information content (AvgIpc) is 2.25. The topological polar surface area (TPSA) is 61.8 Å². The van der Waals surface area contributed by atoms with E-state index in [1.54, 1.807) is 0 Å². The van der Waals surface area contributed by atoms with Gasteiger partial charge in [0, 0.05) is 25.2 Å². The summed E-state index contributed by atoms with van der Waals surface area (Å²) in [5, 5.41) is 12.2. The molecule has 0 spiro atoms. The predicted molar refractivity (Wildman–Crippen MR) is 45.7 cm³/mol. The fourth-order valence-corrected chi connectivity index (χ4v) is 1.90. The van der Waals surface area contributed by atoms with Gasteiger partial charge in [-0.2, -0.15) is 0 Å². The van der Waals surface area contributed by atoms with Crippen molar-refractivity contribution >= 4 is 6.09 Å². The smallest absolute Gasteiger partial charge is 0.407 e. The second kappa shape index (κ2) is 3.51.